The van der Waals surface area contributed by atoms with Crippen LogP contribution in [-0.2, 0) is 16.0 Å². The summed E-state index contributed by atoms with van der Waals surface area (Å²) >= 11 is 1.10. The molecule has 2 aromatic carbocycles. The van der Waals surface area contributed by atoms with Crippen LogP contribution in [0.25, 0.3) is 0 Å². The lowest BCUT2D eigenvalue weighted by atomic mass is 10.2. The maximum absolute atomic E-state index is 12.5. The number of aliphatic carboxylic acids is 1. The Bertz CT molecular complexity index is 884. The van der Waals surface area contributed by atoms with Gasteiger partial charge in [-0.3, -0.25) is 14.4 Å². The van der Waals surface area contributed by atoms with E-state index < -0.39 is 17.1 Å². The number of hydrogen-bond donors (Lipinski definition) is 2. The number of carboxylic acids is 1. The molecule has 0 radical (unpaired) electrons. The number of para-hydroxylation sites is 1. The molecule has 0 aromatic heterocycles. The zero-order valence-corrected chi connectivity index (χ0v) is 15.7. The molecule has 2 amide bonds. The summed E-state index contributed by atoms with van der Waals surface area (Å²) in [5, 5.41) is 11.1. The van der Waals surface area contributed by atoms with Crippen molar-refractivity contribution >= 4 is 35.2 Å². The Labute approximate surface area is 161 Å². The standard InChI is InChI=1S/C20H20N2O4S/c1-13(20(25)26)27-17-9-5-3-7-15(17)19(24)21-12-18(23)22-11-10-14-6-2-4-8-16(14)22/h2-9,13H,10-12H2,1H3,(H,21,24)(H,25,26). The molecule has 0 spiro atoms. The van der Waals surface area contributed by atoms with Gasteiger partial charge in [0.1, 0.15) is 5.25 Å². The van der Waals surface area contributed by atoms with Gasteiger partial charge in [0.05, 0.1) is 12.1 Å². The second-order valence-electron chi connectivity index (χ2n) is 6.20. The Morgan fingerprint density at radius 3 is 2.63 bits per heavy atom. The molecule has 0 fully saturated rings. The molecule has 6 nitrogen and oxygen atoms in total. The van der Waals surface area contributed by atoms with E-state index in [-0.39, 0.29) is 12.5 Å². The fourth-order valence-corrected chi connectivity index (χ4v) is 3.87. The van der Waals surface area contributed by atoms with E-state index >= 15 is 0 Å². The maximum Gasteiger partial charge on any atom is 0.316 e. The molecule has 0 saturated heterocycles. The van der Waals surface area contributed by atoms with Gasteiger partial charge in [-0.15, -0.1) is 11.8 Å². The van der Waals surface area contributed by atoms with Crippen molar-refractivity contribution in [2.45, 2.75) is 23.5 Å². The van der Waals surface area contributed by atoms with Gasteiger partial charge in [0, 0.05) is 17.1 Å². The Balaban J connectivity index is 1.65. The number of anilines is 1. The van der Waals surface area contributed by atoms with E-state index in [1.807, 2.05) is 24.3 Å². The Morgan fingerprint density at radius 1 is 1.15 bits per heavy atom. The molecule has 1 heterocycles. The van der Waals surface area contributed by atoms with E-state index in [1.165, 1.54) is 0 Å². The van der Waals surface area contributed by atoms with Crippen molar-refractivity contribution in [2.75, 3.05) is 18.0 Å². The predicted molar refractivity (Wildman–Crippen MR) is 104 cm³/mol. The minimum atomic E-state index is -0.946. The number of benzene rings is 2. The number of carbonyl (C=O) groups is 3. The lowest BCUT2D eigenvalue weighted by Crippen LogP contribution is -2.39. The topological polar surface area (TPSA) is 86.7 Å². The van der Waals surface area contributed by atoms with Crippen LogP contribution in [0.3, 0.4) is 0 Å². The number of nitrogens with zero attached hydrogens (tertiary/aromatic N) is 1. The van der Waals surface area contributed by atoms with E-state index in [1.54, 1.807) is 36.1 Å². The summed E-state index contributed by atoms with van der Waals surface area (Å²) in [5.74, 6) is -1.51. The summed E-state index contributed by atoms with van der Waals surface area (Å²) in [6.07, 6.45) is 0.808. The Hall–Kier alpha value is -2.80. The highest BCUT2D eigenvalue weighted by Gasteiger charge is 2.25. The molecule has 27 heavy (non-hydrogen) atoms. The van der Waals surface area contributed by atoms with Gasteiger partial charge in [-0.1, -0.05) is 30.3 Å². The lowest BCUT2D eigenvalue weighted by molar-refractivity contribution is -0.136. The molecule has 3 rings (SSSR count). The second-order valence-corrected chi connectivity index (χ2v) is 7.58. The quantitative estimate of drug-likeness (QED) is 0.748. The fourth-order valence-electron chi connectivity index (χ4n) is 2.94. The molecule has 1 atom stereocenters. The van der Waals surface area contributed by atoms with E-state index in [0.29, 0.717) is 17.0 Å². The van der Waals surface area contributed by atoms with Gasteiger partial charge in [0.25, 0.3) is 5.91 Å². The summed E-state index contributed by atoms with van der Waals surface area (Å²) in [4.78, 5) is 38.4. The molecule has 2 aromatic rings. The third-order valence-corrected chi connectivity index (χ3v) is 5.54. The zero-order chi connectivity index (χ0) is 19.4. The van der Waals surface area contributed by atoms with Crippen LogP contribution in [0, 0.1) is 0 Å². The first kappa shape index (κ1) is 19.0. The van der Waals surface area contributed by atoms with Crippen LogP contribution >= 0.6 is 11.8 Å². The smallest absolute Gasteiger partial charge is 0.316 e. The number of nitrogens with one attached hydrogen (secondary N) is 1. The molecule has 1 unspecified atom stereocenters. The molecule has 0 saturated carbocycles. The van der Waals surface area contributed by atoms with Crippen LogP contribution in [0.4, 0.5) is 5.69 Å². The van der Waals surface area contributed by atoms with Gasteiger partial charge in [-0.2, -0.15) is 0 Å². The Morgan fingerprint density at radius 2 is 1.85 bits per heavy atom. The monoisotopic (exact) mass is 384 g/mol. The lowest BCUT2D eigenvalue weighted by Gasteiger charge is -2.18. The van der Waals surface area contributed by atoms with Crippen molar-refractivity contribution in [3.8, 4) is 0 Å². The van der Waals surface area contributed by atoms with E-state index in [0.717, 1.165) is 29.4 Å². The zero-order valence-electron chi connectivity index (χ0n) is 14.8. The first-order valence-electron chi connectivity index (χ1n) is 8.62. The van der Waals surface area contributed by atoms with E-state index in [9.17, 15) is 14.4 Å². The van der Waals surface area contributed by atoms with Gasteiger partial charge < -0.3 is 15.3 Å². The molecule has 1 aliphatic heterocycles. The number of thioether (sulfide) groups is 1. The predicted octanol–water partition coefficient (Wildman–Crippen LogP) is 2.57. The van der Waals surface area contributed by atoms with Crippen LogP contribution in [0.15, 0.2) is 53.4 Å². The third kappa shape index (κ3) is 4.31. The average Bonchev–Trinajstić information content (AvgIpc) is 3.10. The molecular formula is C20H20N2O4S. The van der Waals surface area contributed by atoms with Gasteiger partial charge >= 0.3 is 5.97 Å². The maximum atomic E-state index is 12.5. The van der Waals surface area contributed by atoms with Crippen molar-refractivity contribution in [1.29, 1.82) is 0 Å². The normalized spacial score (nSPS) is 13.7. The fraction of sp³-hybridized carbons (Fsp3) is 0.250. The summed E-state index contributed by atoms with van der Waals surface area (Å²) < 4.78 is 0. The van der Waals surface area contributed by atoms with Gasteiger partial charge in [0.15, 0.2) is 0 Å². The SMILES string of the molecule is CC(Sc1ccccc1C(=O)NCC(=O)N1CCc2ccccc21)C(=O)O. The van der Waals surface area contributed by atoms with E-state index in [4.69, 9.17) is 5.11 Å². The number of amides is 2. The van der Waals surface area contributed by atoms with Gasteiger partial charge in [-0.05, 0) is 37.1 Å². The molecule has 0 bridgehead atoms. The molecular weight excluding hydrogens is 364 g/mol. The van der Waals surface area contributed by atoms with Crippen LogP contribution in [-0.4, -0.2) is 41.2 Å². The van der Waals surface area contributed by atoms with Crippen LogP contribution in [0.2, 0.25) is 0 Å². The third-order valence-electron chi connectivity index (χ3n) is 4.37. The summed E-state index contributed by atoms with van der Waals surface area (Å²) in [5.41, 5.74) is 2.38. The highest BCUT2D eigenvalue weighted by atomic mass is 32.2. The second kappa shape index (κ2) is 8.26. The van der Waals surface area contributed by atoms with Crippen molar-refractivity contribution < 1.29 is 19.5 Å². The molecule has 0 aliphatic carbocycles. The van der Waals surface area contributed by atoms with E-state index in [2.05, 4.69) is 5.32 Å². The first-order valence-corrected chi connectivity index (χ1v) is 9.50. The number of carboxylic acid groups (broad SMARTS) is 1. The minimum Gasteiger partial charge on any atom is -0.480 e. The van der Waals surface area contributed by atoms with Crippen molar-refractivity contribution in [3.63, 3.8) is 0 Å². The molecule has 2 N–H and O–H groups in total. The van der Waals surface area contributed by atoms with Gasteiger partial charge in [-0.25, -0.2) is 0 Å². The number of fused-ring (bicyclic) bond motifs is 1. The number of rotatable bonds is 6. The summed E-state index contributed by atoms with van der Waals surface area (Å²) in [7, 11) is 0. The highest BCUT2D eigenvalue weighted by molar-refractivity contribution is 8.00. The molecule has 7 heteroatoms. The van der Waals surface area contributed by atoms with Crippen molar-refractivity contribution in [2.24, 2.45) is 0 Å². The minimum absolute atomic E-state index is 0.110. The summed E-state index contributed by atoms with van der Waals surface area (Å²) in [6.45, 7) is 2.06. The summed E-state index contributed by atoms with van der Waals surface area (Å²) in [6, 6.07) is 14.5. The van der Waals surface area contributed by atoms with Crippen LogP contribution in [0.5, 0.6) is 0 Å². The molecule has 140 valence electrons. The number of hydrogen-bond acceptors (Lipinski definition) is 4. The average molecular weight is 384 g/mol. The first-order chi connectivity index (χ1) is 13.0. The van der Waals surface area contributed by atoms with Crippen LogP contribution < -0.4 is 10.2 Å². The molecule has 1 aliphatic rings. The largest absolute Gasteiger partial charge is 0.480 e. The van der Waals surface area contributed by atoms with Crippen molar-refractivity contribution in [1.82, 2.24) is 5.32 Å². The van der Waals surface area contributed by atoms with Crippen molar-refractivity contribution in [3.05, 3.63) is 59.7 Å². The highest BCUT2D eigenvalue weighted by Crippen LogP contribution is 2.28. The Kier molecular flexibility index (Phi) is 5.81. The van der Waals surface area contributed by atoms with Crippen LogP contribution in [0.1, 0.15) is 22.8 Å². The number of carbonyl (C=O) groups excluding carboxylic acids is 2. The van der Waals surface area contributed by atoms with Gasteiger partial charge in [0.2, 0.25) is 5.91 Å².